The lowest BCUT2D eigenvalue weighted by molar-refractivity contribution is 0.158. The van der Waals surface area contributed by atoms with Crippen LogP contribution in [0.5, 0.6) is 5.75 Å². The van der Waals surface area contributed by atoms with Gasteiger partial charge in [-0.25, -0.2) is 0 Å². The molecule has 0 aromatic heterocycles. The molecule has 1 aliphatic carbocycles. The minimum absolute atomic E-state index is 0.171. The van der Waals surface area contributed by atoms with Crippen molar-refractivity contribution in [1.82, 2.24) is 0 Å². The van der Waals surface area contributed by atoms with Gasteiger partial charge in [0, 0.05) is 0 Å². The minimum Gasteiger partial charge on any atom is -0.497 e. The van der Waals surface area contributed by atoms with Crippen LogP contribution in [-0.4, -0.2) is 18.3 Å². The molecule has 0 saturated heterocycles. The van der Waals surface area contributed by atoms with Crippen molar-refractivity contribution in [3.05, 3.63) is 53.6 Å². The van der Waals surface area contributed by atoms with Crippen LogP contribution in [0.2, 0.25) is 0 Å². The number of hydrogen-bond acceptors (Lipinski definition) is 2. The number of hydrogen-bond donors (Lipinski definition) is 1. The second-order valence-electron chi connectivity index (χ2n) is 5.11. The number of benzene rings is 2. The van der Waals surface area contributed by atoms with Crippen LogP contribution in [0.15, 0.2) is 42.5 Å². The van der Waals surface area contributed by atoms with Gasteiger partial charge in [0.25, 0.3) is 0 Å². The number of fused-ring (bicyclic) bond motifs is 1. The summed E-state index contributed by atoms with van der Waals surface area (Å²) in [6.07, 6.45) is 2.45. The third kappa shape index (κ3) is 2.49. The molecule has 1 atom stereocenters. The largest absolute Gasteiger partial charge is 0.497 e. The Bertz CT molecular complexity index is 590. The average Bonchev–Trinajstić information content (AvgIpc) is 2.46. The number of ether oxygens (including phenoxy) is 1. The van der Waals surface area contributed by atoms with E-state index in [0.29, 0.717) is 0 Å². The van der Waals surface area contributed by atoms with Gasteiger partial charge in [0.2, 0.25) is 0 Å². The van der Waals surface area contributed by atoms with Gasteiger partial charge in [0.05, 0.1) is 13.2 Å². The van der Waals surface area contributed by atoms with Crippen LogP contribution >= 0.6 is 0 Å². The summed E-state index contributed by atoms with van der Waals surface area (Å²) in [5, 5.41) is 9.69. The van der Waals surface area contributed by atoms with E-state index >= 15 is 0 Å². The van der Waals surface area contributed by atoms with Gasteiger partial charge in [-0.15, -0.1) is 0 Å². The number of aliphatic hydroxyl groups excluding tert-OH is 1. The van der Waals surface area contributed by atoms with Crippen LogP contribution in [0.4, 0.5) is 0 Å². The number of aliphatic hydroxyl groups is 1. The van der Waals surface area contributed by atoms with Crippen molar-refractivity contribution >= 4 is 0 Å². The topological polar surface area (TPSA) is 29.5 Å². The molecular weight excluding hydrogens is 236 g/mol. The SMILES string of the molecule is COc1cccc(-c2ccc3c(c2)CCC(O)C3)c1. The maximum absolute atomic E-state index is 9.69. The number of methoxy groups -OCH3 is 1. The highest BCUT2D eigenvalue weighted by atomic mass is 16.5. The molecule has 2 nitrogen and oxygen atoms in total. The van der Waals surface area contributed by atoms with E-state index in [1.807, 2.05) is 12.1 Å². The van der Waals surface area contributed by atoms with Crippen LogP contribution in [-0.2, 0) is 12.8 Å². The highest BCUT2D eigenvalue weighted by Gasteiger charge is 2.16. The van der Waals surface area contributed by atoms with Gasteiger partial charge in [-0.05, 0) is 53.6 Å². The molecule has 2 heteroatoms. The van der Waals surface area contributed by atoms with Crippen LogP contribution < -0.4 is 4.74 Å². The van der Waals surface area contributed by atoms with Crippen LogP contribution in [0.1, 0.15) is 17.5 Å². The van der Waals surface area contributed by atoms with Gasteiger partial charge in [0.15, 0.2) is 0 Å². The Labute approximate surface area is 113 Å². The van der Waals surface area contributed by atoms with Gasteiger partial charge < -0.3 is 9.84 Å². The van der Waals surface area contributed by atoms with Gasteiger partial charge >= 0.3 is 0 Å². The fourth-order valence-electron chi connectivity index (χ4n) is 2.72. The lowest BCUT2D eigenvalue weighted by Crippen LogP contribution is -2.18. The van der Waals surface area contributed by atoms with E-state index in [4.69, 9.17) is 4.74 Å². The first-order valence-corrected chi connectivity index (χ1v) is 6.70. The van der Waals surface area contributed by atoms with Crippen LogP contribution in [0.25, 0.3) is 11.1 Å². The summed E-state index contributed by atoms with van der Waals surface area (Å²) in [6, 6.07) is 14.6. The fraction of sp³-hybridized carbons (Fsp3) is 0.294. The maximum atomic E-state index is 9.69. The fourth-order valence-corrected chi connectivity index (χ4v) is 2.72. The summed E-state index contributed by atoms with van der Waals surface area (Å²) >= 11 is 0. The van der Waals surface area contributed by atoms with E-state index in [1.54, 1.807) is 7.11 Å². The maximum Gasteiger partial charge on any atom is 0.119 e. The van der Waals surface area contributed by atoms with Crippen molar-refractivity contribution in [2.75, 3.05) is 7.11 Å². The summed E-state index contributed by atoms with van der Waals surface area (Å²) in [5.74, 6) is 0.880. The Morgan fingerprint density at radius 2 is 1.89 bits per heavy atom. The molecule has 0 spiro atoms. The van der Waals surface area contributed by atoms with Gasteiger partial charge in [0.1, 0.15) is 5.75 Å². The zero-order chi connectivity index (χ0) is 13.2. The molecule has 3 rings (SSSR count). The first-order chi connectivity index (χ1) is 9.26. The zero-order valence-electron chi connectivity index (χ0n) is 11.1. The molecule has 0 saturated carbocycles. The lowest BCUT2D eigenvalue weighted by atomic mass is 9.87. The highest BCUT2D eigenvalue weighted by molar-refractivity contribution is 5.66. The molecule has 19 heavy (non-hydrogen) atoms. The van der Waals surface area contributed by atoms with Gasteiger partial charge in [-0.1, -0.05) is 30.3 Å². The Hall–Kier alpha value is -1.80. The first-order valence-electron chi connectivity index (χ1n) is 6.70. The molecule has 0 fully saturated rings. The quantitative estimate of drug-likeness (QED) is 0.891. The molecular formula is C17H18O2. The predicted octanol–water partition coefficient (Wildman–Crippen LogP) is 3.21. The molecule has 1 N–H and O–H groups in total. The van der Waals surface area contributed by atoms with E-state index in [9.17, 15) is 5.11 Å². The van der Waals surface area contributed by atoms with Crippen molar-refractivity contribution in [2.24, 2.45) is 0 Å². The average molecular weight is 254 g/mol. The smallest absolute Gasteiger partial charge is 0.119 e. The van der Waals surface area contributed by atoms with Crippen molar-refractivity contribution in [2.45, 2.75) is 25.4 Å². The lowest BCUT2D eigenvalue weighted by Gasteiger charge is -2.21. The van der Waals surface area contributed by atoms with Crippen molar-refractivity contribution < 1.29 is 9.84 Å². The van der Waals surface area contributed by atoms with Crippen molar-refractivity contribution in [3.63, 3.8) is 0 Å². The molecule has 0 amide bonds. The van der Waals surface area contributed by atoms with E-state index in [1.165, 1.54) is 22.3 Å². The van der Waals surface area contributed by atoms with Crippen LogP contribution in [0.3, 0.4) is 0 Å². The van der Waals surface area contributed by atoms with Crippen LogP contribution in [0, 0.1) is 0 Å². The van der Waals surface area contributed by atoms with E-state index in [0.717, 1.165) is 25.0 Å². The standard InChI is InChI=1S/C17H18O2/c1-19-17-4-2-3-12(11-17)13-5-6-15-10-16(18)8-7-14(15)9-13/h2-6,9,11,16,18H,7-8,10H2,1H3. The summed E-state index contributed by atoms with van der Waals surface area (Å²) < 4.78 is 5.27. The van der Waals surface area contributed by atoms with E-state index in [2.05, 4.69) is 30.3 Å². The molecule has 98 valence electrons. The van der Waals surface area contributed by atoms with Crippen molar-refractivity contribution in [1.29, 1.82) is 0 Å². The summed E-state index contributed by atoms with van der Waals surface area (Å²) in [4.78, 5) is 0. The van der Waals surface area contributed by atoms with Crippen molar-refractivity contribution in [3.8, 4) is 16.9 Å². The molecule has 1 unspecified atom stereocenters. The molecule has 2 aromatic carbocycles. The number of rotatable bonds is 2. The summed E-state index contributed by atoms with van der Waals surface area (Å²) in [7, 11) is 1.69. The van der Waals surface area contributed by atoms with E-state index < -0.39 is 0 Å². The van der Waals surface area contributed by atoms with Gasteiger partial charge in [-0.3, -0.25) is 0 Å². The molecule has 0 heterocycles. The monoisotopic (exact) mass is 254 g/mol. The normalized spacial score (nSPS) is 17.9. The first kappa shape index (κ1) is 12.2. The molecule has 0 radical (unpaired) electrons. The molecule has 0 bridgehead atoms. The Morgan fingerprint density at radius 3 is 2.74 bits per heavy atom. The molecule has 1 aliphatic rings. The Balaban J connectivity index is 1.97. The van der Waals surface area contributed by atoms with Gasteiger partial charge in [-0.2, -0.15) is 0 Å². The Morgan fingerprint density at radius 1 is 1.05 bits per heavy atom. The molecule has 2 aromatic rings. The number of aryl methyl sites for hydroxylation is 1. The highest BCUT2D eigenvalue weighted by Crippen LogP contribution is 2.29. The second kappa shape index (κ2) is 5.06. The summed E-state index contributed by atoms with van der Waals surface area (Å²) in [5.41, 5.74) is 5.04. The zero-order valence-corrected chi connectivity index (χ0v) is 11.1. The Kier molecular flexibility index (Phi) is 3.26. The molecule has 0 aliphatic heterocycles. The summed E-state index contributed by atoms with van der Waals surface area (Å²) in [6.45, 7) is 0. The third-order valence-corrected chi connectivity index (χ3v) is 3.81. The van der Waals surface area contributed by atoms with E-state index in [-0.39, 0.29) is 6.10 Å². The third-order valence-electron chi connectivity index (χ3n) is 3.81. The second-order valence-corrected chi connectivity index (χ2v) is 5.11. The minimum atomic E-state index is -0.171. The predicted molar refractivity (Wildman–Crippen MR) is 76.5 cm³/mol.